The molecule has 14 heteroatoms. The van der Waals surface area contributed by atoms with E-state index in [0.29, 0.717) is 6.42 Å². The van der Waals surface area contributed by atoms with Crippen LogP contribution in [0.25, 0.3) is 0 Å². The van der Waals surface area contributed by atoms with E-state index in [-0.39, 0.29) is 43.6 Å². The fourth-order valence-electron chi connectivity index (χ4n) is 5.15. The van der Waals surface area contributed by atoms with Crippen LogP contribution in [0.2, 0.25) is 12.1 Å². The number of carbonyl (C=O) groups excluding carboxylic acids is 6. The number of carbonyl (C=O) groups is 6. The number of Topliss-reactive ketones (excluding diaryl/α,β-unsaturated/α-hetero) is 1. The van der Waals surface area contributed by atoms with E-state index < -0.39 is 70.9 Å². The van der Waals surface area contributed by atoms with Crippen molar-refractivity contribution in [1.82, 2.24) is 20.9 Å². The van der Waals surface area contributed by atoms with Crippen LogP contribution in [0.5, 0.6) is 0 Å². The van der Waals surface area contributed by atoms with Gasteiger partial charge in [0.1, 0.15) is 18.7 Å². The van der Waals surface area contributed by atoms with Crippen LogP contribution in [-0.2, 0) is 28.7 Å². The van der Waals surface area contributed by atoms with E-state index in [1.807, 2.05) is 34.6 Å². The molecule has 0 spiro atoms. The van der Waals surface area contributed by atoms with Gasteiger partial charge in [-0.25, -0.2) is 9.59 Å². The highest BCUT2D eigenvalue weighted by atomic mass is 16.7. The van der Waals surface area contributed by atoms with E-state index in [2.05, 4.69) is 27.3 Å². The van der Waals surface area contributed by atoms with Crippen LogP contribution < -0.4 is 16.0 Å². The molecule has 0 saturated carbocycles. The van der Waals surface area contributed by atoms with Gasteiger partial charge in [-0.15, -0.1) is 6.58 Å². The van der Waals surface area contributed by atoms with Gasteiger partial charge in [0.2, 0.25) is 24.9 Å². The van der Waals surface area contributed by atoms with E-state index in [4.69, 9.17) is 12.6 Å². The molecule has 4 amide bonds. The molecule has 1 heterocycles. The lowest BCUT2D eigenvalue weighted by Gasteiger charge is -2.36. The summed E-state index contributed by atoms with van der Waals surface area (Å²) in [6, 6.07) is -4.55. The average Bonchev–Trinajstić information content (AvgIpc) is 3.32. The molecular formula is C31H51B2N4O8. The van der Waals surface area contributed by atoms with Crippen molar-refractivity contribution in [2.75, 3.05) is 20.3 Å². The number of allylic oxidation sites excluding steroid dienone is 1. The summed E-state index contributed by atoms with van der Waals surface area (Å²) >= 11 is 0. The molecular weight excluding hydrogens is 578 g/mol. The van der Waals surface area contributed by atoms with Crippen molar-refractivity contribution in [3.8, 4) is 0 Å². The predicted octanol–water partition coefficient (Wildman–Crippen LogP) is 2.64. The van der Waals surface area contributed by atoms with E-state index in [0.717, 1.165) is 0 Å². The van der Waals surface area contributed by atoms with Gasteiger partial charge in [0, 0.05) is 6.54 Å². The van der Waals surface area contributed by atoms with Crippen LogP contribution >= 0.6 is 0 Å². The third kappa shape index (κ3) is 11.5. The number of urea groups is 1. The van der Waals surface area contributed by atoms with Gasteiger partial charge in [-0.1, -0.05) is 74.2 Å². The summed E-state index contributed by atoms with van der Waals surface area (Å²) in [5, 5.41) is 8.21. The van der Waals surface area contributed by atoms with Gasteiger partial charge >= 0.3 is 12.2 Å². The zero-order chi connectivity index (χ0) is 34.6. The molecule has 3 N–H and O–H groups in total. The van der Waals surface area contributed by atoms with Gasteiger partial charge in [-0.2, -0.15) is 0 Å². The number of nitrogens with zero attached hydrogens (tertiary/aromatic N) is 1. The average molecular weight is 629 g/mol. The lowest BCUT2D eigenvalue weighted by molar-refractivity contribution is -0.143. The summed E-state index contributed by atoms with van der Waals surface area (Å²) in [4.78, 5) is 79.4. The van der Waals surface area contributed by atoms with Crippen molar-refractivity contribution in [2.24, 2.45) is 23.2 Å². The van der Waals surface area contributed by atoms with Crippen molar-refractivity contribution < 1.29 is 38.2 Å². The lowest BCUT2D eigenvalue weighted by atomic mass is 9.67. The van der Waals surface area contributed by atoms with Crippen LogP contribution in [0.3, 0.4) is 0 Å². The normalized spacial score (nSPS) is 20.1. The number of likely N-dealkylation sites (tertiary alicyclic amines) is 1. The molecule has 3 radical (unpaired) electrons. The van der Waals surface area contributed by atoms with Gasteiger partial charge in [0.05, 0.1) is 27.0 Å². The summed E-state index contributed by atoms with van der Waals surface area (Å²) in [6.07, 6.45) is 1.57. The first-order chi connectivity index (χ1) is 20.9. The minimum atomic E-state index is -1.14. The zero-order valence-electron chi connectivity index (χ0n) is 28.3. The second kappa shape index (κ2) is 18.0. The third-order valence-corrected chi connectivity index (χ3v) is 7.99. The van der Waals surface area contributed by atoms with Gasteiger partial charge in [-0.3, -0.25) is 14.4 Å². The largest absolute Gasteiger partial charge is 0.508 e. The van der Waals surface area contributed by atoms with E-state index in [1.54, 1.807) is 20.8 Å². The summed E-state index contributed by atoms with van der Waals surface area (Å²) in [7, 11) is 9.00. The Labute approximate surface area is 270 Å². The number of rotatable bonds is 16. The van der Waals surface area contributed by atoms with Crippen molar-refractivity contribution in [1.29, 1.82) is 0 Å². The molecule has 0 aromatic rings. The fourth-order valence-corrected chi connectivity index (χ4v) is 5.15. The minimum Gasteiger partial charge on any atom is -0.438 e. The summed E-state index contributed by atoms with van der Waals surface area (Å²) in [5.74, 6) is -3.02. The van der Waals surface area contributed by atoms with Crippen molar-refractivity contribution in [2.45, 2.75) is 105 Å². The number of amides is 4. The molecule has 12 nitrogen and oxygen atoms in total. The van der Waals surface area contributed by atoms with Crippen LogP contribution in [-0.4, -0.2) is 99.9 Å². The Morgan fingerprint density at radius 2 is 1.69 bits per heavy atom. The second-order valence-corrected chi connectivity index (χ2v) is 13.3. The molecule has 0 aliphatic carbocycles. The van der Waals surface area contributed by atoms with Gasteiger partial charge in [0.25, 0.3) is 0 Å². The number of ether oxygens (including phenoxy) is 2. The van der Waals surface area contributed by atoms with Gasteiger partial charge < -0.3 is 35.1 Å². The van der Waals surface area contributed by atoms with Crippen molar-refractivity contribution >= 4 is 50.6 Å². The summed E-state index contributed by atoms with van der Waals surface area (Å²) in [5.41, 5.74) is -1.52. The maximum absolute atomic E-state index is 14.2. The molecule has 0 aromatic carbocycles. The first kappa shape index (κ1) is 39.7. The molecule has 0 bridgehead atoms. The maximum atomic E-state index is 14.2. The third-order valence-electron chi connectivity index (χ3n) is 7.99. The maximum Gasteiger partial charge on any atom is 0.508 e. The van der Waals surface area contributed by atoms with Crippen molar-refractivity contribution in [3.05, 3.63) is 12.7 Å². The Bertz CT molecular complexity index is 1080. The first-order valence-corrected chi connectivity index (χ1v) is 15.6. The second-order valence-electron chi connectivity index (χ2n) is 13.3. The smallest absolute Gasteiger partial charge is 0.438 e. The monoisotopic (exact) mass is 629 g/mol. The Morgan fingerprint density at radius 3 is 2.18 bits per heavy atom. The number of ketones is 1. The summed E-state index contributed by atoms with van der Waals surface area (Å²) in [6.45, 7) is 18.3. The highest BCUT2D eigenvalue weighted by Crippen LogP contribution is 2.39. The Balaban J connectivity index is 3.32. The molecule has 1 rings (SSSR count). The molecule has 249 valence electrons. The molecule has 1 fully saturated rings. The zero-order valence-corrected chi connectivity index (χ0v) is 28.3. The number of methoxy groups -OCH3 is 1. The Kier molecular flexibility index (Phi) is 15.9. The molecule has 1 saturated heterocycles. The molecule has 1 aliphatic heterocycles. The highest BCUT2D eigenvalue weighted by Gasteiger charge is 2.49. The summed E-state index contributed by atoms with van der Waals surface area (Å²) < 4.78 is 9.52. The number of hydrogen-bond donors (Lipinski definition) is 3. The van der Waals surface area contributed by atoms with Crippen LogP contribution in [0, 0.1) is 23.2 Å². The predicted molar refractivity (Wildman–Crippen MR) is 173 cm³/mol. The van der Waals surface area contributed by atoms with Gasteiger partial charge in [-0.05, 0) is 35.4 Å². The number of hydrogen-bond acceptors (Lipinski definition) is 8. The van der Waals surface area contributed by atoms with Crippen LogP contribution in [0.1, 0.15) is 68.2 Å². The highest BCUT2D eigenvalue weighted by molar-refractivity contribution is 6.88. The molecule has 1 aliphatic rings. The quantitative estimate of drug-likeness (QED) is 0.102. The van der Waals surface area contributed by atoms with E-state index in [9.17, 15) is 28.8 Å². The fraction of sp³-hybridized carbons (Fsp3) is 0.742. The SMILES string of the molecule is [B][C@@H]1C(C(=O)NC(CCC)C(=O)C(=O)[B]CC=C)N(C(=O)C(NC(=O)N[C@H](COC(=O)OC)C(C)C)C(C)(C)C)C[C@@H]1C(C)C. The molecule has 3 unspecified atom stereocenters. The van der Waals surface area contributed by atoms with E-state index >= 15 is 0 Å². The van der Waals surface area contributed by atoms with Crippen LogP contribution in [0.15, 0.2) is 12.7 Å². The number of nitrogens with one attached hydrogen (secondary N) is 3. The van der Waals surface area contributed by atoms with Gasteiger partial charge in [0.15, 0.2) is 5.68 Å². The standard InChI is InChI=1S/C31H51B2N4O8/c1-11-13-20(24(38)26(39)33-14-12-2)34-27(40)23-22(32)19(17(3)4)15-37(23)28(41)25(31(7,8)9)36-29(42)35-21(18(5)6)16-45-30(43)44-10/h12,17-23,25H,2,11,13-16H2,1,3-10H3,(H,34,40)(H2,35,36,42)/t19-,20?,21-,22+,23?,25?/m1/s1. The molecule has 45 heavy (non-hydrogen) atoms. The van der Waals surface area contributed by atoms with Crippen molar-refractivity contribution in [3.63, 3.8) is 0 Å². The topological polar surface area (TPSA) is 160 Å². The Hall–Kier alpha value is -3.31. The minimum absolute atomic E-state index is 0.0159. The molecule has 0 aromatic heterocycles. The lowest BCUT2D eigenvalue weighted by Crippen LogP contribution is -2.61. The first-order valence-electron chi connectivity index (χ1n) is 15.6. The van der Waals surface area contributed by atoms with Crippen LogP contribution in [0.4, 0.5) is 9.59 Å². The van der Waals surface area contributed by atoms with E-state index in [1.165, 1.54) is 25.4 Å². The molecule has 6 atom stereocenters. The Morgan fingerprint density at radius 1 is 1.07 bits per heavy atom.